The Labute approximate surface area is 88.3 Å². The Morgan fingerprint density at radius 1 is 1.47 bits per heavy atom. The zero-order valence-electron chi connectivity index (χ0n) is 8.70. The molecule has 2 rings (SSSR count). The number of benzene rings is 1. The first-order chi connectivity index (χ1) is 7.02. The molecule has 1 aliphatic heterocycles. The summed E-state index contributed by atoms with van der Waals surface area (Å²) in [5, 5.41) is 8.74. The lowest BCUT2D eigenvalue weighted by Crippen LogP contribution is -2.35. The van der Waals surface area contributed by atoms with Gasteiger partial charge in [-0.3, -0.25) is 4.79 Å². The van der Waals surface area contributed by atoms with Crippen molar-refractivity contribution in [1.29, 1.82) is 5.26 Å². The molecule has 15 heavy (non-hydrogen) atoms. The fourth-order valence-electron chi connectivity index (χ4n) is 1.72. The number of Topliss-reactive ketones (excluding diaryl/α,β-unsaturated/α-hetero) is 1. The van der Waals surface area contributed by atoms with E-state index in [9.17, 15) is 4.79 Å². The van der Waals surface area contributed by atoms with E-state index in [2.05, 4.69) is 0 Å². The van der Waals surface area contributed by atoms with Gasteiger partial charge in [-0.1, -0.05) is 0 Å². The van der Waals surface area contributed by atoms with Gasteiger partial charge < -0.3 is 4.74 Å². The van der Waals surface area contributed by atoms with E-state index in [1.807, 2.05) is 19.9 Å². The number of rotatable bonds is 0. The Morgan fingerprint density at radius 2 is 2.20 bits per heavy atom. The Hall–Kier alpha value is -1.82. The minimum atomic E-state index is -0.474. The van der Waals surface area contributed by atoms with Crippen molar-refractivity contribution >= 4 is 5.78 Å². The SMILES string of the molecule is CC1(C)CC(=O)c2ccc(C#N)cc2O1. The number of carbonyl (C=O) groups is 1. The van der Waals surface area contributed by atoms with E-state index >= 15 is 0 Å². The van der Waals surface area contributed by atoms with Gasteiger partial charge in [-0.15, -0.1) is 0 Å². The van der Waals surface area contributed by atoms with Crippen molar-refractivity contribution in [3.8, 4) is 11.8 Å². The molecule has 1 aliphatic rings. The fourth-order valence-corrected chi connectivity index (χ4v) is 1.72. The third-order valence-electron chi connectivity index (χ3n) is 2.38. The number of nitrogens with zero attached hydrogens (tertiary/aromatic N) is 1. The molecule has 0 saturated heterocycles. The van der Waals surface area contributed by atoms with Crippen LogP contribution in [-0.2, 0) is 0 Å². The highest BCUT2D eigenvalue weighted by Gasteiger charge is 2.32. The Bertz CT molecular complexity index is 469. The Kier molecular flexibility index (Phi) is 2.01. The molecular formula is C12H11NO2. The van der Waals surface area contributed by atoms with Crippen molar-refractivity contribution in [2.75, 3.05) is 0 Å². The highest BCUT2D eigenvalue weighted by Crippen LogP contribution is 2.33. The van der Waals surface area contributed by atoms with Crippen LogP contribution in [0.4, 0.5) is 0 Å². The van der Waals surface area contributed by atoms with E-state index in [1.54, 1.807) is 18.2 Å². The summed E-state index contributed by atoms with van der Waals surface area (Å²) in [4.78, 5) is 11.7. The fraction of sp³-hybridized carbons (Fsp3) is 0.333. The maximum absolute atomic E-state index is 11.7. The summed E-state index contributed by atoms with van der Waals surface area (Å²) in [6.45, 7) is 3.74. The summed E-state index contributed by atoms with van der Waals surface area (Å²) >= 11 is 0. The molecule has 0 unspecified atom stereocenters. The van der Waals surface area contributed by atoms with Crippen molar-refractivity contribution in [3.05, 3.63) is 29.3 Å². The van der Waals surface area contributed by atoms with Gasteiger partial charge in [0.2, 0.25) is 0 Å². The van der Waals surface area contributed by atoms with Crippen LogP contribution in [0.15, 0.2) is 18.2 Å². The summed E-state index contributed by atoms with van der Waals surface area (Å²) < 4.78 is 5.66. The maximum atomic E-state index is 11.7. The molecule has 1 aromatic rings. The lowest BCUT2D eigenvalue weighted by Gasteiger charge is -2.31. The normalized spacial score (nSPS) is 17.5. The predicted octanol–water partition coefficient (Wildman–Crippen LogP) is 2.30. The minimum absolute atomic E-state index is 0.0748. The molecular weight excluding hydrogens is 190 g/mol. The van der Waals surface area contributed by atoms with E-state index in [1.165, 1.54) is 0 Å². The van der Waals surface area contributed by atoms with E-state index in [4.69, 9.17) is 10.00 Å². The number of hydrogen-bond donors (Lipinski definition) is 0. The highest BCUT2D eigenvalue weighted by molar-refractivity contribution is 6.00. The van der Waals surface area contributed by atoms with E-state index in [-0.39, 0.29) is 5.78 Å². The van der Waals surface area contributed by atoms with Crippen LogP contribution in [0.3, 0.4) is 0 Å². The van der Waals surface area contributed by atoms with Crippen molar-refractivity contribution in [2.24, 2.45) is 0 Å². The molecule has 0 bridgehead atoms. The first-order valence-electron chi connectivity index (χ1n) is 4.78. The van der Waals surface area contributed by atoms with Gasteiger partial charge in [-0.2, -0.15) is 5.26 Å². The average molecular weight is 201 g/mol. The number of fused-ring (bicyclic) bond motifs is 1. The molecule has 0 atom stereocenters. The van der Waals surface area contributed by atoms with Gasteiger partial charge in [0.25, 0.3) is 0 Å². The molecule has 1 heterocycles. The van der Waals surface area contributed by atoms with Crippen LogP contribution in [0.25, 0.3) is 0 Å². The number of hydrogen-bond acceptors (Lipinski definition) is 3. The summed E-state index contributed by atoms with van der Waals surface area (Å²) in [7, 11) is 0. The number of carbonyl (C=O) groups excluding carboxylic acids is 1. The topological polar surface area (TPSA) is 50.1 Å². The van der Waals surface area contributed by atoms with Crippen LogP contribution in [0.1, 0.15) is 36.2 Å². The monoisotopic (exact) mass is 201 g/mol. The van der Waals surface area contributed by atoms with Gasteiger partial charge >= 0.3 is 0 Å². The molecule has 0 amide bonds. The quantitative estimate of drug-likeness (QED) is 0.647. The van der Waals surface area contributed by atoms with E-state index in [0.717, 1.165) is 0 Å². The highest BCUT2D eigenvalue weighted by atomic mass is 16.5. The molecule has 3 nitrogen and oxygen atoms in total. The zero-order valence-corrected chi connectivity index (χ0v) is 8.70. The second kappa shape index (κ2) is 3.09. The second-order valence-electron chi connectivity index (χ2n) is 4.28. The van der Waals surface area contributed by atoms with Crippen LogP contribution >= 0.6 is 0 Å². The number of ether oxygens (including phenoxy) is 1. The van der Waals surface area contributed by atoms with Crippen LogP contribution in [0.2, 0.25) is 0 Å². The van der Waals surface area contributed by atoms with Crippen LogP contribution in [-0.4, -0.2) is 11.4 Å². The lowest BCUT2D eigenvalue weighted by molar-refractivity contribution is 0.0620. The standard InChI is InChI=1S/C12H11NO2/c1-12(2)6-10(14)9-4-3-8(7-13)5-11(9)15-12/h3-5H,6H2,1-2H3. The zero-order chi connectivity index (χ0) is 11.1. The molecule has 76 valence electrons. The van der Waals surface area contributed by atoms with Crippen molar-refractivity contribution in [3.63, 3.8) is 0 Å². The van der Waals surface area contributed by atoms with Crippen LogP contribution in [0, 0.1) is 11.3 Å². The molecule has 0 aliphatic carbocycles. The smallest absolute Gasteiger partial charge is 0.170 e. The van der Waals surface area contributed by atoms with Crippen LogP contribution < -0.4 is 4.74 Å². The second-order valence-corrected chi connectivity index (χ2v) is 4.28. The summed E-state index contributed by atoms with van der Waals surface area (Å²) in [5.74, 6) is 0.598. The van der Waals surface area contributed by atoms with Gasteiger partial charge in [-0.05, 0) is 32.0 Å². The Balaban J connectivity index is 2.52. The van der Waals surface area contributed by atoms with Gasteiger partial charge in [0.15, 0.2) is 5.78 Å². The average Bonchev–Trinajstić information content (AvgIpc) is 2.14. The summed E-state index contributed by atoms with van der Waals surface area (Å²) in [6, 6.07) is 6.94. The minimum Gasteiger partial charge on any atom is -0.487 e. The molecule has 0 spiro atoms. The van der Waals surface area contributed by atoms with Gasteiger partial charge in [-0.25, -0.2) is 0 Å². The lowest BCUT2D eigenvalue weighted by atomic mass is 9.92. The Morgan fingerprint density at radius 3 is 2.87 bits per heavy atom. The van der Waals surface area contributed by atoms with E-state index in [0.29, 0.717) is 23.3 Å². The first kappa shape index (κ1) is 9.72. The van der Waals surface area contributed by atoms with Crippen molar-refractivity contribution in [2.45, 2.75) is 25.9 Å². The molecule has 1 aromatic carbocycles. The molecule has 0 N–H and O–H groups in total. The largest absolute Gasteiger partial charge is 0.487 e. The molecule has 0 radical (unpaired) electrons. The molecule has 3 heteroatoms. The molecule has 0 saturated carbocycles. The molecule has 0 aromatic heterocycles. The molecule has 0 fully saturated rings. The maximum Gasteiger partial charge on any atom is 0.170 e. The summed E-state index contributed by atoms with van der Waals surface area (Å²) in [5.41, 5.74) is 0.616. The van der Waals surface area contributed by atoms with Gasteiger partial charge in [0.05, 0.1) is 23.6 Å². The number of ketones is 1. The predicted molar refractivity (Wildman–Crippen MR) is 54.8 cm³/mol. The summed E-state index contributed by atoms with van der Waals surface area (Å²) in [6.07, 6.45) is 0.381. The van der Waals surface area contributed by atoms with Crippen molar-refractivity contribution < 1.29 is 9.53 Å². The van der Waals surface area contributed by atoms with E-state index < -0.39 is 5.60 Å². The van der Waals surface area contributed by atoms with Crippen LogP contribution in [0.5, 0.6) is 5.75 Å². The third-order valence-corrected chi connectivity index (χ3v) is 2.38. The first-order valence-corrected chi connectivity index (χ1v) is 4.78. The third kappa shape index (κ3) is 1.71. The van der Waals surface area contributed by atoms with Crippen molar-refractivity contribution in [1.82, 2.24) is 0 Å². The van der Waals surface area contributed by atoms with Gasteiger partial charge in [0, 0.05) is 0 Å². The van der Waals surface area contributed by atoms with Gasteiger partial charge in [0.1, 0.15) is 11.4 Å². The number of nitriles is 1.